The van der Waals surface area contributed by atoms with Crippen molar-refractivity contribution in [3.05, 3.63) is 22.2 Å². The Balaban J connectivity index is 1.94. The fourth-order valence-corrected chi connectivity index (χ4v) is 3.77. The number of nitrogens with zero attached hydrogens (tertiary/aromatic N) is 1. The van der Waals surface area contributed by atoms with Gasteiger partial charge in [0, 0.05) is 29.5 Å². The van der Waals surface area contributed by atoms with Crippen LogP contribution in [-0.4, -0.2) is 49.1 Å². The van der Waals surface area contributed by atoms with Crippen LogP contribution in [0.25, 0.3) is 0 Å². The van der Waals surface area contributed by atoms with Gasteiger partial charge >= 0.3 is 0 Å². The quantitative estimate of drug-likeness (QED) is 0.651. The van der Waals surface area contributed by atoms with E-state index in [-0.39, 0.29) is 30.2 Å². The molecule has 1 aromatic rings. The maximum atomic E-state index is 12.6. The molecule has 0 saturated carbocycles. The van der Waals surface area contributed by atoms with Gasteiger partial charge < -0.3 is 19.7 Å². The van der Waals surface area contributed by atoms with Crippen molar-refractivity contribution in [3.63, 3.8) is 0 Å². The molecule has 1 N–H and O–H groups in total. The molecule has 28 heavy (non-hydrogen) atoms. The smallest absolute Gasteiger partial charge is 0.225 e. The Labute approximate surface area is 176 Å². The Morgan fingerprint density at radius 2 is 1.71 bits per heavy atom. The topological polar surface area (TPSA) is 67.9 Å². The Kier molecular flexibility index (Phi) is 8.60. The monoisotopic (exact) mass is 454 g/mol. The number of hydrogen-bond donors (Lipinski definition) is 1. The first-order valence-electron chi connectivity index (χ1n) is 10.0. The molecule has 2 amide bonds. The maximum Gasteiger partial charge on any atom is 0.225 e. The molecule has 1 aliphatic heterocycles. The molecular formula is C21H31BrN2O4. The summed E-state index contributed by atoms with van der Waals surface area (Å²) < 4.78 is 12.1. The summed E-state index contributed by atoms with van der Waals surface area (Å²) in [6, 6.07) is 3.83. The van der Waals surface area contributed by atoms with Crippen molar-refractivity contribution in [1.29, 1.82) is 0 Å². The van der Waals surface area contributed by atoms with Crippen LogP contribution in [0.2, 0.25) is 0 Å². The highest BCUT2D eigenvalue weighted by atomic mass is 79.9. The van der Waals surface area contributed by atoms with Crippen LogP contribution >= 0.6 is 15.9 Å². The lowest BCUT2D eigenvalue weighted by Crippen LogP contribution is -2.47. The molecule has 6 nitrogen and oxygen atoms in total. The molecule has 2 rings (SSSR count). The molecule has 1 heterocycles. The SMILES string of the molecule is CCOc1cc(Br)c(CC(=O)NC2CCN(C(=O)C(C)C)CC2)cc1OCC. The van der Waals surface area contributed by atoms with E-state index >= 15 is 0 Å². The second-order valence-corrected chi connectivity index (χ2v) is 8.11. The van der Waals surface area contributed by atoms with E-state index < -0.39 is 0 Å². The average molecular weight is 455 g/mol. The number of piperidine rings is 1. The number of likely N-dealkylation sites (tertiary alicyclic amines) is 1. The van der Waals surface area contributed by atoms with E-state index in [0.717, 1.165) is 22.9 Å². The molecule has 1 fully saturated rings. The summed E-state index contributed by atoms with van der Waals surface area (Å²) >= 11 is 3.53. The largest absolute Gasteiger partial charge is 0.490 e. The Morgan fingerprint density at radius 3 is 2.25 bits per heavy atom. The molecule has 0 aliphatic carbocycles. The highest BCUT2D eigenvalue weighted by Crippen LogP contribution is 2.34. The van der Waals surface area contributed by atoms with Gasteiger partial charge in [0.15, 0.2) is 11.5 Å². The highest BCUT2D eigenvalue weighted by Gasteiger charge is 2.25. The summed E-state index contributed by atoms with van der Waals surface area (Å²) in [5.74, 6) is 1.49. The van der Waals surface area contributed by atoms with Crippen LogP contribution in [0.4, 0.5) is 0 Å². The molecule has 0 aromatic heterocycles. The first-order chi connectivity index (χ1) is 13.3. The summed E-state index contributed by atoms with van der Waals surface area (Å²) in [4.78, 5) is 26.5. The van der Waals surface area contributed by atoms with E-state index in [4.69, 9.17) is 9.47 Å². The normalized spacial score (nSPS) is 14.9. The summed E-state index contributed by atoms with van der Waals surface area (Å²) in [7, 11) is 0. The zero-order valence-corrected chi connectivity index (χ0v) is 18.8. The molecule has 1 aliphatic rings. The van der Waals surface area contributed by atoms with Crippen molar-refractivity contribution in [1.82, 2.24) is 10.2 Å². The Bertz CT molecular complexity index is 685. The molecule has 0 bridgehead atoms. The van der Waals surface area contributed by atoms with E-state index in [1.807, 2.05) is 44.7 Å². The number of ether oxygens (including phenoxy) is 2. The van der Waals surface area contributed by atoms with E-state index in [9.17, 15) is 9.59 Å². The number of halogens is 1. The van der Waals surface area contributed by atoms with Crippen LogP contribution in [0, 0.1) is 5.92 Å². The van der Waals surface area contributed by atoms with Crippen molar-refractivity contribution in [3.8, 4) is 11.5 Å². The van der Waals surface area contributed by atoms with Crippen molar-refractivity contribution >= 4 is 27.7 Å². The fourth-order valence-electron chi connectivity index (χ4n) is 3.31. The lowest BCUT2D eigenvalue weighted by Gasteiger charge is -2.33. The second-order valence-electron chi connectivity index (χ2n) is 7.25. The third-order valence-corrected chi connectivity index (χ3v) is 5.47. The van der Waals surface area contributed by atoms with E-state index in [2.05, 4.69) is 21.2 Å². The molecular weight excluding hydrogens is 424 g/mol. The number of nitrogens with one attached hydrogen (secondary N) is 1. The fraction of sp³-hybridized carbons (Fsp3) is 0.619. The zero-order chi connectivity index (χ0) is 20.7. The predicted octanol–water partition coefficient (Wildman–Crippen LogP) is 3.55. The number of benzene rings is 1. The summed E-state index contributed by atoms with van der Waals surface area (Å²) in [5, 5.41) is 3.10. The van der Waals surface area contributed by atoms with Gasteiger partial charge in [-0.2, -0.15) is 0 Å². The van der Waals surface area contributed by atoms with Crippen LogP contribution in [0.5, 0.6) is 11.5 Å². The first-order valence-corrected chi connectivity index (χ1v) is 10.8. The van der Waals surface area contributed by atoms with Crippen molar-refractivity contribution < 1.29 is 19.1 Å². The van der Waals surface area contributed by atoms with Crippen LogP contribution < -0.4 is 14.8 Å². The molecule has 0 radical (unpaired) electrons. The third kappa shape index (κ3) is 6.12. The minimum absolute atomic E-state index is 0.0164. The summed E-state index contributed by atoms with van der Waals surface area (Å²) in [6.07, 6.45) is 1.84. The maximum absolute atomic E-state index is 12.6. The lowest BCUT2D eigenvalue weighted by molar-refractivity contribution is -0.135. The molecule has 156 valence electrons. The number of rotatable bonds is 8. The predicted molar refractivity (Wildman–Crippen MR) is 113 cm³/mol. The molecule has 7 heteroatoms. The van der Waals surface area contributed by atoms with Gasteiger partial charge in [-0.3, -0.25) is 9.59 Å². The number of amides is 2. The van der Waals surface area contributed by atoms with Crippen LogP contribution in [0.15, 0.2) is 16.6 Å². The number of hydrogen-bond acceptors (Lipinski definition) is 4. The third-order valence-electron chi connectivity index (χ3n) is 4.73. The van der Waals surface area contributed by atoms with Crippen molar-refractivity contribution in [2.45, 2.75) is 53.0 Å². The zero-order valence-electron chi connectivity index (χ0n) is 17.2. The average Bonchev–Trinajstić information content (AvgIpc) is 2.65. The Hall–Kier alpha value is -1.76. The van der Waals surface area contributed by atoms with E-state index in [0.29, 0.717) is 37.8 Å². The molecule has 1 saturated heterocycles. The van der Waals surface area contributed by atoms with Crippen LogP contribution in [0.1, 0.15) is 46.1 Å². The van der Waals surface area contributed by atoms with Gasteiger partial charge in [-0.1, -0.05) is 29.8 Å². The van der Waals surface area contributed by atoms with Gasteiger partial charge in [-0.05, 0) is 44.4 Å². The van der Waals surface area contributed by atoms with Gasteiger partial charge in [0.2, 0.25) is 11.8 Å². The number of carbonyl (C=O) groups is 2. The minimum atomic E-state index is -0.0269. The van der Waals surface area contributed by atoms with Gasteiger partial charge in [-0.15, -0.1) is 0 Å². The highest BCUT2D eigenvalue weighted by molar-refractivity contribution is 9.10. The van der Waals surface area contributed by atoms with E-state index in [1.165, 1.54) is 0 Å². The lowest BCUT2D eigenvalue weighted by atomic mass is 10.0. The number of carbonyl (C=O) groups excluding carboxylic acids is 2. The molecule has 0 unspecified atom stereocenters. The summed E-state index contributed by atoms with van der Waals surface area (Å²) in [5.41, 5.74) is 0.858. The van der Waals surface area contributed by atoms with Crippen molar-refractivity contribution in [2.24, 2.45) is 5.92 Å². The van der Waals surface area contributed by atoms with Crippen LogP contribution in [-0.2, 0) is 16.0 Å². The van der Waals surface area contributed by atoms with E-state index in [1.54, 1.807) is 0 Å². The molecule has 0 atom stereocenters. The summed E-state index contributed by atoms with van der Waals surface area (Å²) in [6.45, 7) is 10.1. The molecule has 0 spiro atoms. The van der Waals surface area contributed by atoms with Crippen molar-refractivity contribution in [2.75, 3.05) is 26.3 Å². The van der Waals surface area contributed by atoms with Gasteiger partial charge in [0.1, 0.15) is 0 Å². The van der Waals surface area contributed by atoms with Gasteiger partial charge in [0.05, 0.1) is 19.6 Å². The van der Waals surface area contributed by atoms with Crippen LogP contribution in [0.3, 0.4) is 0 Å². The minimum Gasteiger partial charge on any atom is -0.490 e. The van der Waals surface area contributed by atoms with Gasteiger partial charge in [-0.25, -0.2) is 0 Å². The first kappa shape index (κ1) is 22.5. The van der Waals surface area contributed by atoms with Gasteiger partial charge in [0.25, 0.3) is 0 Å². The molecule has 1 aromatic carbocycles. The standard InChI is InChI=1S/C21H31BrN2O4/c1-5-27-18-11-15(17(22)13-19(18)28-6-2)12-20(25)23-16-7-9-24(10-8-16)21(26)14(3)4/h11,13-14,16H,5-10,12H2,1-4H3,(H,23,25). The Morgan fingerprint density at radius 1 is 1.14 bits per heavy atom. The second kappa shape index (κ2) is 10.7.